The Morgan fingerprint density at radius 1 is 1.03 bits per heavy atom. The molecule has 0 radical (unpaired) electrons. The second-order valence-corrected chi connectivity index (χ2v) is 7.90. The number of rotatable bonds is 7. The summed E-state index contributed by atoms with van der Waals surface area (Å²) in [5, 5.41) is 6.98. The fraction of sp³-hybridized carbons (Fsp3) is 0.636. The predicted octanol–water partition coefficient (Wildman–Crippen LogP) is 1.15. The van der Waals surface area contributed by atoms with Crippen LogP contribution in [-0.4, -0.2) is 92.5 Å². The maximum Gasteiger partial charge on any atom is 0.219 e. The Balaban J connectivity index is 1.43. The number of nitrogens with one attached hydrogen (secondary N) is 2. The second-order valence-electron chi connectivity index (χ2n) is 7.90. The number of piperazine rings is 1. The van der Waals surface area contributed by atoms with Crippen LogP contribution in [0.15, 0.2) is 35.3 Å². The summed E-state index contributed by atoms with van der Waals surface area (Å²) in [5.74, 6) is 1.03. The van der Waals surface area contributed by atoms with Crippen LogP contribution in [0.3, 0.4) is 0 Å². The van der Waals surface area contributed by atoms with Gasteiger partial charge in [0.2, 0.25) is 5.91 Å². The largest absolute Gasteiger partial charge is 0.355 e. The molecule has 2 heterocycles. The van der Waals surface area contributed by atoms with Crippen LogP contribution in [0.1, 0.15) is 31.4 Å². The van der Waals surface area contributed by atoms with Gasteiger partial charge in [-0.1, -0.05) is 30.3 Å². The highest BCUT2D eigenvalue weighted by atomic mass is 16.2. The molecule has 1 unspecified atom stereocenters. The van der Waals surface area contributed by atoms with E-state index in [0.29, 0.717) is 6.04 Å². The third-order valence-electron chi connectivity index (χ3n) is 5.99. The lowest BCUT2D eigenvalue weighted by atomic mass is 10.1. The normalized spacial score (nSPS) is 19.9. The molecule has 7 heteroatoms. The van der Waals surface area contributed by atoms with E-state index >= 15 is 0 Å². The summed E-state index contributed by atoms with van der Waals surface area (Å²) in [6.45, 7) is 10.2. The molecule has 0 spiro atoms. The number of guanidine groups is 1. The van der Waals surface area contributed by atoms with Crippen molar-refractivity contribution in [2.24, 2.45) is 4.99 Å². The molecule has 1 amide bonds. The van der Waals surface area contributed by atoms with Gasteiger partial charge in [0.15, 0.2) is 5.96 Å². The second kappa shape index (κ2) is 11.2. The Hall–Kier alpha value is -2.12. The van der Waals surface area contributed by atoms with Gasteiger partial charge >= 0.3 is 0 Å². The van der Waals surface area contributed by atoms with Gasteiger partial charge in [-0.25, -0.2) is 0 Å². The molecule has 2 saturated heterocycles. The van der Waals surface area contributed by atoms with Crippen molar-refractivity contribution >= 4 is 11.9 Å². The molecule has 29 heavy (non-hydrogen) atoms. The van der Waals surface area contributed by atoms with Crippen molar-refractivity contribution in [2.45, 2.75) is 25.8 Å². The number of hydrogen-bond donors (Lipinski definition) is 2. The summed E-state index contributed by atoms with van der Waals surface area (Å²) in [4.78, 5) is 22.7. The highest BCUT2D eigenvalue weighted by molar-refractivity contribution is 5.79. The first-order chi connectivity index (χ1) is 14.2. The van der Waals surface area contributed by atoms with Gasteiger partial charge < -0.3 is 15.5 Å². The van der Waals surface area contributed by atoms with Gasteiger partial charge in [-0.3, -0.25) is 19.6 Å². The van der Waals surface area contributed by atoms with Crippen molar-refractivity contribution < 1.29 is 4.79 Å². The van der Waals surface area contributed by atoms with Crippen LogP contribution in [-0.2, 0) is 4.79 Å². The maximum absolute atomic E-state index is 11.4. The molecule has 2 aliphatic rings. The average molecular weight is 401 g/mol. The Morgan fingerprint density at radius 3 is 2.34 bits per heavy atom. The molecule has 1 aromatic carbocycles. The molecule has 0 saturated carbocycles. The molecule has 1 atom stereocenters. The minimum absolute atomic E-state index is 0.179. The minimum Gasteiger partial charge on any atom is -0.355 e. The number of aliphatic imine (C=N–C) groups is 1. The lowest BCUT2D eigenvalue weighted by Crippen LogP contribution is -2.50. The van der Waals surface area contributed by atoms with Crippen LogP contribution in [0.25, 0.3) is 0 Å². The van der Waals surface area contributed by atoms with Crippen LogP contribution >= 0.6 is 0 Å². The van der Waals surface area contributed by atoms with E-state index in [9.17, 15) is 4.79 Å². The molecule has 7 nitrogen and oxygen atoms in total. The van der Waals surface area contributed by atoms with E-state index < -0.39 is 0 Å². The van der Waals surface area contributed by atoms with Crippen LogP contribution in [0, 0.1) is 0 Å². The molecule has 0 aromatic heterocycles. The summed E-state index contributed by atoms with van der Waals surface area (Å²) in [6, 6.07) is 11.1. The predicted molar refractivity (Wildman–Crippen MR) is 118 cm³/mol. The van der Waals surface area contributed by atoms with Crippen LogP contribution in [0.4, 0.5) is 0 Å². The summed E-state index contributed by atoms with van der Waals surface area (Å²) >= 11 is 0. The zero-order chi connectivity index (χ0) is 20.5. The van der Waals surface area contributed by atoms with Crippen molar-refractivity contribution in [3.05, 3.63) is 35.9 Å². The molecule has 2 N–H and O–H groups in total. The molecular weight excluding hydrogens is 364 g/mol. The van der Waals surface area contributed by atoms with E-state index in [-0.39, 0.29) is 5.91 Å². The quantitative estimate of drug-likeness (QED) is 0.531. The molecule has 2 aliphatic heterocycles. The molecule has 1 aromatic rings. The lowest BCUT2D eigenvalue weighted by Gasteiger charge is -2.34. The zero-order valence-corrected chi connectivity index (χ0v) is 17.9. The van der Waals surface area contributed by atoms with Crippen molar-refractivity contribution in [3.8, 4) is 0 Å². The highest BCUT2D eigenvalue weighted by Crippen LogP contribution is 2.24. The van der Waals surface area contributed by atoms with Gasteiger partial charge in [-0.05, 0) is 31.5 Å². The van der Waals surface area contributed by atoms with Gasteiger partial charge in [0.05, 0.1) is 6.04 Å². The van der Waals surface area contributed by atoms with Gasteiger partial charge in [0, 0.05) is 59.8 Å². The maximum atomic E-state index is 11.4. The first kappa shape index (κ1) is 21.6. The number of carbonyl (C=O) groups is 1. The molecule has 2 fully saturated rings. The standard InChI is InChI=1S/C22H36N6O/c1-19(29)27-16-14-26(15-17-27)13-10-24-22(23-2)25-18-21(28-11-6-7-12-28)20-8-4-3-5-9-20/h3-5,8-9,21H,6-7,10-18H2,1-2H3,(H2,23,24,25). The topological polar surface area (TPSA) is 63.2 Å². The van der Waals surface area contributed by atoms with E-state index in [1.807, 2.05) is 11.9 Å². The van der Waals surface area contributed by atoms with E-state index in [4.69, 9.17) is 0 Å². The molecular formula is C22H36N6O. The average Bonchev–Trinajstić information content (AvgIpc) is 3.28. The van der Waals surface area contributed by atoms with Crippen LogP contribution in [0.5, 0.6) is 0 Å². The van der Waals surface area contributed by atoms with Gasteiger partial charge in [0.25, 0.3) is 0 Å². The Kier molecular flexibility index (Phi) is 8.31. The fourth-order valence-corrected chi connectivity index (χ4v) is 4.22. The summed E-state index contributed by atoms with van der Waals surface area (Å²) in [6.07, 6.45) is 2.57. The van der Waals surface area contributed by atoms with Crippen LogP contribution in [0.2, 0.25) is 0 Å². The first-order valence-electron chi connectivity index (χ1n) is 10.9. The Morgan fingerprint density at radius 2 is 1.72 bits per heavy atom. The van der Waals surface area contributed by atoms with Gasteiger partial charge in [-0.2, -0.15) is 0 Å². The number of amides is 1. The molecule has 3 rings (SSSR count). The van der Waals surface area contributed by atoms with Gasteiger partial charge in [-0.15, -0.1) is 0 Å². The summed E-state index contributed by atoms with van der Waals surface area (Å²) < 4.78 is 0. The van der Waals surface area contributed by atoms with Crippen molar-refractivity contribution in [3.63, 3.8) is 0 Å². The smallest absolute Gasteiger partial charge is 0.219 e. The van der Waals surface area contributed by atoms with Gasteiger partial charge in [0.1, 0.15) is 0 Å². The van der Waals surface area contributed by atoms with Crippen LogP contribution < -0.4 is 10.6 Å². The zero-order valence-electron chi connectivity index (χ0n) is 17.9. The first-order valence-corrected chi connectivity index (χ1v) is 10.9. The highest BCUT2D eigenvalue weighted by Gasteiger charge is 2.23. The SMILES string of the molecule is CN=C(NCCN1CCN(C(C)=O)CC1)NCC(c1ccccc1)N1CCCC1. The molecule has 160 valence electrons. The van der Waals surface area contributed by atoms with E-state index in [2.05, 4.69) is 55.8 Å². The number of benzene rings is 1. The van der Waals surface area contributed by atoms with Crippen molar-refractivity contribution in [1.29, 1.82) is 0 Å². The lowest BCUT2D eigenvalue weighted by molar-refractivity contribution is -0.130. The third-order valence-corrected chi connectivity index (χ3v) is 5.99. The molecule has 0 aliphatic carbocycles. The fourth-order valence-electron chi connectivity index (χ4n) is 4.22. The number of nitrogens with zero attached hydrogens (tertiary/aromatic N) is 4. The van der Waals surface area contributed by atoms with Crippen molar-refractivity contribution in [2.75, 3.05) is 66.0 Å². The number of likely N-dealkylation sites (tertiary alicyclic amines) is 1. The number of carbonyl (C=O) groups excluding carboxylic acids is 1. The Bertz CT molecular complexity index is 651. The van der Waals surface area contributed by atoms with E-state index in [0.717, 1.165) is 51.8 Å². The monoisotopic (exact) mass is 400 g/mol. The summed E-state index contributed by atoms with van der Waals surface area (Å²) in [5.41, 5.74) is 1.36. The van der Waals surface area contributed by atoms with E-state index in [1.165, 1.54) is 31.5 Å². The Labute approximate surface area is 175 Å². The number of hydrogen-bond acceptors (Lipinski definition) is 4. The molecule has 0 bridgehead atoms. The minimum atomic E-state index is 0.179. The van der Waals surface area contributed by atoms with Crippen molar-refractivity contribution in [1.82, 2.24) is 25.3 Å². The van der Waals surface area contributed by atoms with E-state index in [1.54, 1.807) is 6.92 Å². The summed E-state index contributed by atoms with van der Waals surface area (Å²) in [7, 11) is 1.83. The third kappa shape index (κ3) is 6.44.